The number of nitrogens with one attached hydrogen (secondary N) is 1. The molecule has 0 atom stereocenters. The molecule has 0 saturated carbocycles. The number of anilines is 1. The van der Waals surface area contributed by atoms with E-state index in [1.807, 2.05) is 0 Å². The molecule has 33 heavy (non-hydrogen) atoms. The SMILES string of the molecule is C#Cc1cnccc1-c1cc(Cl)c(C(=O)Nc2cnc(C(=O)N3CCCC3)c(Cl)c2)cc1F. The van der Waals surface area contributed by atoms with Gasteiger partial charge in [0.25, 0.3) is 11.8 Å². The Kier molecular flexibility index (Phi) is 6.59. The minimum Gasteiger partial charge on any atom is -0.337 e. The van der Waals surface area contributed by atoms with Gasteiger partial charge in [-0.25, -0.2) is 9.37 Å². The van der Waals surface area contributed by atoms with Crippen LogP contribution < -0.4 is 5.32 Å². The number of halogens is 3. The van der Waals surface area contributed by atoms with Crippen LogP contribution in [0.25, 0.3) is 11.1 Å². The summed E-state index contributed by atoms with van der Waals surface area (Å²) in [5.74, 6) is 0.867. The summed E-state index contributed by atoms with van der Waals surface area (Å²) in [6.45, 7) is 1.33. The van der Waals surface area contributed by atoms with E-state index in [0.717, 1.165) is 18.9 Å². The van der Waals surface area contributed by atoms with E-state index in [-0.39, 0.29) is 38.5 Å². The minimum absolute atomic E-state index is 0.0311. The second-order valence-corrected chi connectivity index (χ2v) is 8.20. The maximum absolute atomic E-state index is 14.9. The maximum atomic E-state index is 14.9. The van der Waals surface area contributed by atoms with Gasteiger partial charge in [0.1, 0.15) is 11.5 Å². The quantitative estimate of drug-likeness (QED) is 0.527. The number of carbonyl (C=O) groups excluding carboxylic acids is 2. The fourth-order valence-electron chi connectivity index (χ4n) is 3.60. The first-order valence-corrected chi connectivity index (χ1v) is 10.8. The van der Waals surface area contributed by atoms with Gasteiger partial charge in [-0.2, -0.15) is 0 Å². The molecule has 3 heterocycles. The summed E-state index contributed by atoms with van der Waals surface area (Å²) in [5, 5.41) is 2.72. The number of rotatable bonds is 4. The van der Waals surface area contributed by atoms with Gasteiger partial charge in [-0.3, -0.25) is 14.6 Å². The average Bonchev–Trinajstić information content (AvgIpc) is 3.35. The Balaban J connectivity index is 1.56. The highest BCUT2D eigenvalue weighted by Gasteiger charge is 2.23. The van der Waals surface area contributed by atoms with Crippen LogP contribution in [0.1, 0.15) is 39.3 Å². The number of hydrogen-bond donors (Lipinski definition) is 1. The third-order valence-electron chi connectivity index (χ3n) is 5.26. The van der Waals surface area contributed by atoms with Crippen LogP contribution in [0.5, 0.6) is 0 Å². The predicted molar refractivity (Wildman–Crippen MR) is 125 cm³/mol. The van der Waals surface area contributed by atoms with E-state index < -0.39 is 11.7 Å². The molecule has 0 radical (unpaired) electrons. The van der Waals surface area contributed by atoms with Gasteiger partial charge in [-0.1, -0.05) is 29.1 Å². The number of likely N-dealkylation sites (tertiary alicyclic amines) is 1. The molecule has 9 heteroatoms. The lowest BCUT2D eigenvalue weighted by atomic mass is 10.00. The van der Waals surface area contributed by atoms with Gasteiger partial charge in [0.15, 0.2) is 0 Å². The summed E-state index contributed by atoms with van der Waals surface area (Å²) in [6, 6.07) is 5.37. The van der Waals surface area contributed by atoms with Crippen LogP contribution in [0.2, 0.25) is 10.0 Å². The summed E-state index contributed by atoms with van der Waals surface area (Å²) in [5.41, 5.74) is 1.27. The van der Waals surface area contributed by atoms with Gasteiger partial charge in [-0.05, 0) is 37.1 Å². The smallest absolute Gasteiger partial charge is 0.273 e. The minimum atomic E-state index is -0.671. The second-order valence-electron chi connectivity index (χ2n) is 7.39. The van der Waals surface area contributed by atoms with Gasteiger partial charge >= 0.3 is 0 Å². The van der Waals surface area contributed by atoms with Gasteiger partial charge < -0.3 is 10.2 Å². The normalized spacial score (nSPS) is 13.0. The molecule has 2 aromatic heterocycles. The number of terminal acetylenes is 1. The van der Waals surface area contributed by atoms with Crippen LogP contribution in [0.4, 0.5) is 10.1 Å². The first-order valence-electron chi connectivity index (χ1n) is 10.0. The van der Waals surface area contributed by atoms with Crippen molar-refractivity contribution in [3.05, 3.63) is 75.5 Å². The van der Waals surface area contributed by atoms with E-state index in [1.165, 1.54) is 30.7 Å². The zero-order valence-electron chi connectivity index (χ0n) is 17.2. The lowest BCUT2D eigenvalue weighted by Gasteiger charge is -2.16. The number of hydrogen-bond acceptors (Lipinski definition) is 4. The topological polar surface area (TPSA) is 75.2 Å². The predicted octanol–water partition coefficient (Wildman–Crippen LogP) is 5.06. The summed E-state index contributed by atoms with van der Waals surface area (Å²) >= 11 is 12.5. The molecule has 1 aliphatic heterocycles. The number of nitrogens with zero attached hydrogens (tertiary/aromatic N) is 3. The summed E-state index contributed by atoms with van der Waals surface area (Å²) in [4.78, 5) is 35.0. The molecule has 2 amide bonds. The molecular weight excluding hydrogens is 466 g/mol. The van der Waals surface area contributed by atoms with Crippen molar-refractivity contribution in [3.63, 3.8) is 0 Å². The Hall–Kier alpha value is -3.47. The van der Waals surface area contributed by atoms with Crippen LogP contribution >= 0.6 is 23.2 Å². The van der Waals surface area contributed by atoms with E-state index in [4.69, 9.17) is 29.6 Å². The Bertz CT molecular complexity index is 1300. The third kappa shape index (κ3) is 4.68. The van der Waals surface area contributed by atoms with Crippen molar-refractivity contribution < 1.29 is 14.0 Å². The molecule has 1 aromatic carbocycles. The first kappa shape index (κ1) is 22.7. The molecule has 166 valence electrons. The molecule has 6 nitrogen and oxygen atoms in total. The molecule has 1 N–H and O–H groups in total. The van der Waals surface area contributed by atoms with Gasteiger partial charge in [0.05, 0.1) is 33.1 Å². The van der Waals surface area contributed by atoms with E-state index in [9.17, 15) is 14.0 Å². The number of pyridine rings is 2. The average molecular weight is 483 g/mol. The van der Waals surface area contributed by atoms with Crippen molar-refractivity contribution in [1.82, 2.24) is 14.9 Å². The van der Waals surface area contributed by atoms with Crippen molar-refractivity contribution in [2.24, 2.45) is 0 Å². The number of amides is 2. The van der Waals surface area contributed by atoms with Crippen molar-refractivity contribution in [2.45, 2.75) is 12.8 Å². The van der Waals surface area contributed by atoms with E-state index in [2.05, 4.69) is 21.2 Å². The fourth-order valence-corrected chi connectivity index (χ4v) is 4.10. The zero-order valence-corrected chi connectivity index (χ0v) is 18.8. The standard InChI is InChI=1S/C24H17Cl2FN4O2/c1-2-14-12-28-6-5-16(14)17-10-19(25)18(11-21(17)27)23(32)30-15-9-20(26)22(29-13-15)24(33)31-7-3-4-8-31/h1,5-6,9-13H,3-4,7-8H2,(H,30,32). The first-order chi connectivity index (χ1) is 15.9. The molecule has 0 spiro atoms. The largest absolute Gasteiger partial charge is 0.337 e. The van der Waals surface area contributed by atoms with Gasteiger partial charge in [0.2, 0.25) is 0 Å². The van der Waals surface area contributed by atoms with Crippen LogP contribution in [-0.4, -0.2) is 39.8 Å². The highest BCUT2D eigenvalue weighted by atomic mass is 35.5. The molecule has 0 unspecified atom stereocenters. The molecule has 1 fully saturated rings. The molecule has 4 rings (SSSR count). The van der Waals surface area contributed by atoms with Gasteiger partial charge in [-0.15, -0.1) is 6.42 Å². The number of carbonyl (C=O) groups is 2. The summed E-state index contributed by atoms with van der Waals surface area (Å²) in [6.07, 6.45) is 11.6. The number of benzene rings is 1. The van der Waals surface area contributed by atoms with E-state index in [0.29, 0.717) is 24.2 Å². The Morgan fingerprint density at radius 1 is 1.09 bits per heavy atom. The van der Waals surface area contributed by atoms with Crippen molar-refractivity contribution >= 4 is 40.7 Å². The van der Waals surface area contributed by atoms with Crippen molar-refractivity contribution in [1.29, 1.82) is 0 Å². The molecule has 0 aliphatic carbocycles. The third-order valence-corrected chi connectivity index (χ3v) is 5.86. The van der Waals surface area contributed by atoms with Crippen LogP contribution in [0, 0.1) is 18.2 Å². The Labute approximate surface area is 199 Å². The molecular formula is C24H17Cl2FN4O2. The van der Waals surface area contributed by atoms with E-state index in [1.54, 1.807) is 11.0 Å². The fraction of sp³-hybridized carbons (Fsp3) is 0.167. The monoisotopic (exact) mass is 482 g/mol. The Morgan fingerprint density at radius 2 is 1.85 bits per heavy atom. The molecule has 1 saturated heterocycles. The molecule has 1 aliphatic rings. The highest BCUT2D eigenvalue weighted by Crippen LogP contribution is 2.31. The summed E-state index contributed by atoms with van der Waals surface area (Å²) in [7, 11) is 0. The molecule has 3 aromatic rings. The van der Waals surface area contributed by atoms with Crippen LogP contribution in [-0.2, 0) is 0 Å². The highest BCUT2D eigenvalue weighted by molar-refractivity contribution is 6.35. The molecule has 0 bridgehead atoms. The lowest BCUT2D eigenvalue weighted by molar-refractivity contribution is 0.0787. The van der Waals surface area contributed by atoms with Gasteiger partial charge in [0, 0.05) is 36.6 Å². The van der Waals surface area contributed by atoms with Crippen LogP contribution in [0.3, 0.4) is 0 Å². The number of aromatic nitrogens is 2. The van der Waals surface area contributed by atoms with Crippen LogP contribution in [0.15, 0.2) is 42.9 Å². The van der Waals surface area contributed by atoms with Crippen molar-refractivity contribution in [3.8, 4) is 23.5 Å². The summed E-state index contributed by atoms with van der Waals surface area (Å²) < 4.78 is 14.9. The second kappa shape index (κ2) is 9.57. The zero-order chi connectivity index (χ0) is 23.5. The Morgan fingerprint density at radius 3 is 2.55 bits per heavy atom. The lowest BCUT2D eigenvalue weighted by Crippen LogP contribution is -2.28. The van der Waals surface area contributed by atoms with E-state index >= 15 is 0 Å². The maximum Gasteiger partial charge on any atom is 0.273 e. The van der Waals surface area contributed by atoms with Crippen molar-refractivity contribution in [2.75, 3.05) is 18.4 Å².